The van der Waals surface area contributed by atoms with Gasteiger partial charge in [0.15, 0.2) is 0 Å². The standard InChI is InChI=1S/C23H38N8O4/c1-3-18(4-2)27-22-29-21(26-10-12-32)30-23(31-22)28-19-7-5-17(6-8-19)20(33)25-11-14-35-16-15-34-13-9-24/h5-8,18,32H,3-4,9-16,24H2,1-2H3,(H,25,33)(H3,26,27,28,29,30,31). The Hall–Kier alpha value is -3.06. The molecule has 0 fully saturated rings. The molecule has 1 aromatic heterocycles. The third kappa shape index (κ3) is 10.8. The number of benzene rings is 1. The monoisotopic (exact) mass is 490 g/mol. The van der Waals surface area contributed by atoms with E-state index in [4.69, 9.17) is 20.3 Å². The third-order valence-corrected chi connectivity index (χ3v) is 4.92. The van der Waals surface area contributed by atoms with Gasteiger partial charge in [0, 0.05) is 36.9 Å². The predicted octanol–water partition coefficient (Wildman–Crippen LogP) is 1.34. The Bertz CT molecular complexity index is 865. The average molecular weight is 491 g/mol. The molecule has 0 bridgehead atoms. The number of carbonyl (C=O) groups excluding carboxylic acids is 1. The van der Waals surface area contributed by atoms with Gasteiger partial charge in [-0.3, -0.25) is 4.79 Å². The number of rotatable bonds is 18. The molecule has 35 heavy (non-hydrogen) atoms. The normalized spacial score (nSPS) is 10.9. The molecule has 12 nitrogen and oxygen atoms in total. The molecule has 0 saturated carbocycles. The summed E-state index contributed by atoms with van der Waals surface area (Å²) in [5, 5.41) is 21.3. The fourth-order valence-corrected chi connectivity index (χ4v) is 3.00. The summed E-state index contributed by atoms with van der Waals surface area (Å²) in [6.07, 6.45) is 1.87. The van der Waals surface area contributed by atoms with Gasteiger partial charge in [-0.25, -0.2) is 0 Å². The van der Waals surface area contributed by atoms with Gasteiger partial charge >= 0.3 is 0 Å². The molecule has 2 aromatic rings. The van der Waals surface area contributed by atoms with E-state index in [2.05, 4.69) is 50.1 Å². The van der Waals surface area contributed by atoms with Gasteiger partial charge in [0.2, 0.25) is 17.8 Å². The zero-order valence-corrected chi connectivity index (χ0v) is 20.5. The van der Waals surface area contributed by atoms with Crippen molar-refractivity contribution in [2.24, 2.45) is 5.73 Å². The summed E-state index contributed by atoms with van der Waals surface area (Å²) in [6, 6.07) is 7.23. The highest BCUT2D eigenvalue weighted by atomic mass is 16.5. The fraction of sp³-hybridized carbons (Fsp3) is 0.565. The van der Waals surface area contributed by atoms with Crippen LogP contribution in [0.25, 0.3) is 0 Å². The van der Waals surface area contributed by atoms with E-state index >= 15 is 0 Å². The topological polar surface area (TPSA) is 169 Å². The van der Waals surface area contributed by atoms with Crippen molar-refractivity contribution in [3.63, 3.8) is 0 Å². The smallest absolute Gasteiger partial charge is 0.251 e. The molecule has 0 atom stereocenters. The molecular formula is C23H38N8O4. The van der Waals surface area contributed by atoms with Crippen LogP contribution in [-0.4, -0.2) is 84.7 Å². The molecule has 1 heterocycles. The van der Waals surface area contributed by atoms with Crippen molar-refractivity contribution in [1.82, 2.24) is 20.3 Å². The number of anilines is 4. The van der Waals surface area contributed by atoms with Crippen molar-refractivity contribution >= 4 is 29.4 Å². The first kappa shape index (κ1) is 28.2. The number of carbonyl (C=O) groups is 1. The Kier molecular flexibility index (Phi) is 13.3. The van der Waals surface area contributed by atoms with Crippen LogP contribution in [-0.2, 0) is 9.47 Å². The minimum absolute atomic E-state index is 0.0391. The molecule has 7 N–H and O–H groups in total. The van der Waals surface area contributed by atoms with Gasteiger partial charge in [-0.15, -0.1) is 0 Å². The lowest BCUT2D eigenvalue weighted by atomic mass is 10.2. The van der Waals surface area contributed by atoms with Crippen LogP contribution in [0.5, 0.6) is 0 Å². The second-order valence-electron chi connectivity index (χ2n) is 7.59. The first-order valence-corrected chi connectivity index (χ1v) is 12.0. The quantitative estimate of drug-likeness (QED) is 0.167. The van der Waals surface area contributed by atoms with Crippen LogP contribution >= 0.6 is 0 Å². The predicted molar refractivity (Wildman–Crippen MR) is 136 cm³/mol. The molecule has 0 radical (unpaired) electrons. The van der Waals surface area contributed by atoms with Gasteiger partial charge in [0.25, 0.3) is 5.91 Å². The average Bonchev–Trinajstić information content (AvgIpc) is 2.87. The lowest BCUT2D eigenvalue weighted by Crippen LogP contribution is -2.27. The first-order valence-electron chi connectivity index (χ1n) is 12.0. The van der Waals surface area contributed by atoms with Crippen molar-refractivity contribution in [1.29, 1.82) is 0 Å². The maximum atomic E-state index is 12.3. The number of nitrogens with two attached hydrogens (primary N) is 1. The lowest BCUT2D eigenvalue weighted by Gasteiger charge is -2.16. The highest BCUT2D eigenvalue weighted by Crippen LogP contribution is 2.18. The van der Waals surface area contributed by atoms with Crippen molar-refractivity contribution in [3.8, 4) is 0 Å². The molecule has 0 saturated heterocycles. The Balaban J connectivity index is 1.91. The summed E-state index contributed by atoms with van der Waals surface area (Å²) >= 11 is 0. The van der Waals surface area contributed by atoms with E-state index in [-0.39, 0.29) is 18.6 Å². The molecule has 0 spiro atoms. The number of ether oxygens (including phenoxy) is 2. The summed E-state index contributed by atoms with van der Waals surface area (Å²) in [6.45, 7) is 7.21. The maximum Gasteiger partial charge on any atom is 0.251 e. The van der Waals surface area contributed by atoms with Gasteiger partial charge in [0.05, 0.1) is 33.0 Å². The van der Waals surface area contributed by atoms with E-state index in [1.54, 1.807) is 24.3 Å². The summed E-state index contributed by atoms with van der Waals surface area (Å²) in [5.74, 6) is 0.959. The van der Waals surface area contributed by atoms with Gasteiger partial charge in [-0.1, -0.05) is 13.8 Å². The summed E-state index contributed by atoms with van der Waals surface area (Å²) < 4.78 is 10.6. The van der Waals surface area contributed by atoms with Crippen LogP contribution in [0.2, 0.25) is 0 Å². The highest BCUT2D eigenvalue weighted by Gasteiger charge is 2.11. The van der Waals surface area contributed by atoms with E-state index in [1.165, 1.54) is 0 Å². The first-order chi connectivity index (χ1) is 17.1. The second-order valence-corrected chi connectivity index (χ2v) is 7.59. The number of hydrogen-bond donors (Lipinski definition) is 6. The van der Waals surface area contributed by atoms with Crippen molar-refractivity contribution in [3.05, 3.63) is 29.8 Å². The Labute approximate surface area is 206 Å². The highest BCUT2D eigenvalue weighted by molar-refractivity contribution is 5.94. The molecule has 0 aliphatic rings. The van der Waals surface area contributed by atoms with Gasteiger partial charge < -0.3 is 41.6 Å². The third-order valence-electron chi connectivity index (χ3n) is 4.92. The number of nitrogens with zero attached hydrogens (tertiary/aromatic N) is 3. The van der Waals surface area contributed by atoms with Crippen LogP contribution in [0, 0.1) is 0 Å². The summed E-state index contributed by atoms with van der Waals surface area (Å²) in [5.41, 5.74) is 6.59. The molecule has 12 heteroatoms. The van der Waals surface area contributed by atoms with Gasteiger partial charge in [-0.05, 0) is 37.1 Å². The molecule has 0 unspecified atom stereocenters. The lowest BCUT2D eigenvalue weighted by molar-refractivity contribution is 0.0511. The maximum absolute atomic E-state index is 12.3. The number of aliphatic hydroxyl groups excluding tert-OH is 1. The van der Waals surface area contributed by atoms with Crippen molar-refractivity contribution < 1.29 is 19.4 Å². The van der Waals surface area contributed by atoms with E-state index < -0.39 is 0 Å². The van der Waals surface area contributed by atoms with Crippen molar-refractivity contribution in [2.75, 3.05) is 68.6 Å². The van der Waals surface area contributed by atoms with E-state index in [0.29, 0.717) is 69.5 Å². The molecule has 1 aromatic carbocycles. The van der Waals surface area contributed by atoms with Gasteiger partial charge in [0.1, 0.15) is 0 Å². The van der Waals surface area contributed by atoms with Crippen LogP contribution in [0.15, 0.2) is 24.3 Å². The Morgan fingerprint density at radius 3 is 2.26 bits per heavy atom. The minimum atomic E-state index is -0.188. The van der Waals surface area contributed by atoms with Crippen LogP contribution in [0.3, 0.4) is 0 Å². The summed E-state index contributed by atoms with van der Waals surface area (Å²) in [4.78, 5) is 25.5. The molecule has 1 amide bonds. The fourth-order valence-electron chi connectivity index (χ4n) is 3.00. The van der Waals surface area contributed by atoms with E-state index in [1.807, 2.05) is 0 Å². The SMILES string of the molecule is CCC(CC)Nc1nc(NCCO)nc(Nc2ccc(C(=O)NCCOCCOCCN)cc2)n1. The van der Waals surface area contributed by atoms with E-state index in [9.17, 15) is 4.79 Å². The number of amides is 1. The molecule has 2 rings (SSSR count). The van der Waals surface area contributed by atoms with Crippen LogP contribution < -0.4 is 27.0 Å². The van der Waals surface area contributed by atoms with Crippen LogP contribution in [0.4, 0.5) is 23.5 Å². The largest absolute Gasteiger partial charge is 0.395 e. The number of nitrogens with one attached hydrogen (secondary N) is 4. The number of aliphatic hydroxyl groups is 1. The molecular weight excluding hydrogens is 452 g/mol. The zero-order valence-electron chi connectivity index (χ0n) is 20.5. The second kappa shape index (κ2) is 16.5. The van der Waals surface area contributed by atoms with Crippen molar-refractivity contribution in [2.45, 2.75) is 32.7 Å². The van der Waals surface area contributed by atoms with Crippen LogP contribution in [0.1, 0.15) is 37.0 Å². The Morgan fingerprint density at radius 1 is 0.943 bits per heavy atom. The number of aromatic nitrogens is 3. The van der Waals surface area contributed by atoms with Gasteiger partial charge in [-0.2, -0.15) is 15.0 Å². The number of hydrogen-bond acceptors (Lipinski definition) is 11. The molecule has 0 aliphatic heterocycles. The molecule has 0 aliphatic carbocycles. The van der Waals surface area contributed by atoms with E-state index in [0.717, 1.165) is 18.5 Å². The minimum Gasteiger partial charge on any atom is -0.395 e. The Morgan fingerprint density at radius 2 is 1.60 bits per heavy atom. The summed E-state index contributed by atoms with van der Waals surface area (Å²) in [7, 11) is 0. The zero-order chi connectivity index (χ0) is 25.3. The molecule has 194 valence electrons.